The van der Waals surface area contributed by atoms with Crippen LogP contribution in [0.2, 0.25) is 0 Å². The smallest absolute Gasteiger partial charge is 0.274 e. The summed E-state index contributed by atoms with van der Waals surface area (Å²) in [5.74, 6) is -0.166. The molecule has 1 heterocycles. The average Bonchev–Trinajstić information content (AvgIpc) is 2.59. The van der Waals surface area contributed by atoms with E-state index in [0.717, 1.165) is 37.8 Å². The van der Waals surface area contributed by atoms with E-state index in [0.29, 0.717) is 31.7 Å². The molecule has 0 bridgehead atoms. The maximum atomic E-state index is 12.6. The van der Waals surface area contributed by atoms with Crippen LogP contribution in [0.15, 0.2) is 12.4 Å². The summed E-state index contributed by atoms with van der Waals surface area (Å²) in [5.41, 5.74) is 1.12. The lowest BCUT2D eigenvalue weighted by atomic mass is 10.2. The molecule has 0 saturated carbocycles. The number of carbonyl (C=O) groups is 2. The fourth-order valence-electron chi connectivity index (χ4n) is 2.30. The number of nitrogens with zero attached hydrogens (tertiary/aromatic N) is 3. The molecular formula is C18H30N4O2. The van der Waals surface area contributed by atoms with E-state index in [1.165, 1.54) is 6.20 Å². The summed E-state index contributed by atoms with van der Waals surface area (Å²) in [6, 6.07) is 0. The molecule has 0 spiro atoms. The second kappa shape index (κ2) is 11.5. The molecule has 0 aliphatic rings. The van der Waals surface area contributed by atoms with Gasteiger partial charge in [-0.3, -0.25) is 14.6 Å². The van der Waals surface area contributed by atoms with Crippen LogP contribution in [-0.4, -0.2) is 46.3 Å². The molecule has 0 saturated heterocycles. The quantitative estimate of drug-likeness (QED) is 0.631. The SMILES string of the molecule is CCCCCCN(CCC(=O)NCCC)C(=O)c1cnc(C)cn1. The van der Waals surface area contributed by atoms with Gasteiger partial charge in [0, 0.05) is 32.3 Å². The molecule has 0 atom stereocenters. The van der Waals surface area contributed by atoms with E-state index in [2.05, 4.69) is 22.2 Å². The monoisotopic (exact) mass is 334 g/mol. The van der Waals surface area contributed by atoms with Crippen molar-refractivity contribution >= 4 is 11.8 Å². The van der Waals surface area contributed by atoms with Crippen LogP contribution < -0.4 is 5.32 Å². The summed E-state index contributed by atoms with van der Waals surface area (Å²) in [7, 11) is 0. The highest BCUT2D eigenvalue weighted by Gasteiger charge is 2.18. The summed E-state index contributed by atoms with van der Waals surface area (Å²) in [4.78, 5) is 34.5. The van der Waals surface area contributed by atoms with E-state index in [-0.39, 0.29) is 11.8 Å². The third-order valence-electron chi connectivity index (χ3n) is 3.75. The van der Waals surface area contributed by atoms with Crippen LogP contribution in [0.4, 0.5) is 0 Å². The molecule has 1 N–H and O–H groups in total. The maximum Gasteiger partial charge on any atom is 0.274 e. The zero-order valence-corrected chi connectivity index (χ0v) is 15.2. The van der Waals surface area contributed by atoms with E-state index in [9.17, 15) is 9.59 Å². The van der Waals surface area contributed by atoms with Gasteiger partial charge in [0.25, 0.3) is 5.91 Å². The van der Waals surface area contributed by atoms with Crippen molar-refractivity contribution in [3.63, 3.8) is 0 Å². The summed E-state index contributed by atoms with van der Waals surface area (Å²) in [6.45, 7) is 7.74. The number of nitrogens with one attached hydrogen (secondary N) is 1. The molecule has 134 valence electrons. The minimum Gasteiger partial charge on any atom is -0.356 e. The normalized spacial score (nSPS) is 10.5. The zero-order valence-electron chi connectivity index (χ0n) is 15.2. The second-order valence-electron chi connectivity index (χ2n) is 6.00. The molecule has 0 unspecified atom stereocenters. The molecule has 0 aliphatic carbocycles. The van der Waals surface area contributed by atoms with Gasteiger partial charge in [-0.2, -0.15) is 0 Å². The van der Waals surface area contributed by atoms with Gasteiger partial charge in [-0.1, -0.05) is 33.1 Å². The molecule has 0 radical (unpaired) electrons. The number of hydrogen-bond donors (Lipinski definition) is 1. The van der Waals surface area contributed by atoms with Gasteiger partial charge in [-0.05, 0) is 19.8 Å². The largest absolute Gasteiger partial charge is 0.356 e. The van der Waals surface area contributed by atoms with Crippen molar-refractivity contribution in [2.24, 2.45) is 0 Å². The Kier molecular flexibility index (Phi) is 9.65. The number of aromatic nitrogens is 2. The number of amides is 2. The van der Waals surface area contributed by atoms with E-state index in [1.54, 1.807) is 11.1 Å². The first-order chi connectivity index (χ1) is 11.6. The van der Waals surface area contributed by atoms with E-state index in [1.807, 2.05) is 13.8 Å². The third kappa shape index (κ3) is 7.53. The van der Waals surface area contributed by atoms with Crippen LogP contribution in [-0.2, 0) is 4.79 Å². The molecule has 6 heteroatoms. The number of hydrogen-bond acceptors (Lipinski definition) is 4. The number of unbranched alkanes of at least 4 members (excludes halogenated alkanes) is 3. The predicted molar refractivity (Wildman–Crippen MR) is 94.7 cm³/mol. The van der Waals surface area contributed by atoms with E-state index >= 15 is 0 Å². The number of aryl methyl sites for hydroxylation is 1. The highest BCUT2D eigenvalue weighted by Crippen LogP contribution is 2.07. The first kappa shape index (κ1) is 20.1. The van der Waals surface area contributed by atoms with Gasteiger partial charge < -0.3 is 10.2 Å². The molecule has 1 aromatic rings. The van der Waals surface area contributed by atoms with Crippen LogP contribution in [0.3, 0.4) is 0 Å². The Morgan fingerprint density at radius 2 is 1.83 bits per heavy atom. The molecular weight excluding hydrogens is 304 g/mol. The van der Waals surface area contributed by atoms with Gasteiger partial charge in [-0.15, -0.1) is 0 Å². The topological polar surface area (TPSA) is 75.2 Å². The van der Waals surface area contributed by atoms with Gasteiger partial charge in [0.15, 0.2) is 0 Å². The summed E-state index contributed by atoms with van der Waals surface area (Å²) < 4.78 is 0. The molecule has 24 heavy (non-hydrogen) atoms. The van der Waals surface area contributed by atoms with Crippen molar-refractivity contribution in [3.8, 4) is 0 Å². The van der Waals surface area contributed by atoms with Gasteiger partial charge in [-0.25, -0.2) is 4.98 Å². The second-order valence-corrected chi connectivity index (χ2v) is 6.00. The van der Waals surface area contributed by atoms with Crippen molar-refractivity contribution in [2.75, 3.05) is 19.6 Å². The molecule has 0 fully saturated rings. The minimum absolute atomic E-state index is 0.0156. The van der Waals surface area contributed by atoms with Crippen LogP contribution in [0.5, 0.6) is 0 Å². The Morgan fingerprint density at radius 1 is 1.04 bits per heavy atom. The van der Waals surface area contributed by atoms with Crippen molar-refractivity contribution in [1.82, 2.24) is 20.2 Å². The van der Waals surface area contributed by atoms with Crippen molar-refractivity contribution in [2.45, 2.75) is 59.3 Å². The minimum atomic E-state index is -0.151. The predicted octanol–water partition coefficient (Wildman–Crippen LogP) is 2.72. The molecule has 2 amide bonds. The van der Waals surface area contributed by atoms with Gasteiger partial charge in [0.2, 0.25) is 5.91 Å². The molecule has 0 aliphatic heterocycles. The highest BCUT2D eigenvalue weighted by molar-refractivity contribution is 5.92. The highest BCUT2D eigenvalue weighted by atomic mass is 16.2. The van der Waals surface area contributed by atoms with E-state index in [4.69, 9.17) is 0 Å². The first-order valence-corrected chi connectivity index (χ1v) is 8.93. The fraction of sp³-hybridized carbons (Fsp3) is 0.667. The molecule has 1 rings (SSSR count). The Hall–Kier alpha value is -1.98. The van der Waals surface area contributed by atoms with Crippen LogP contribution in [0.1, 0.15) is 68.6 Å². The van der Waals surface area contributed by atoms with Gasteiger partial charge >= 0.3 is 0 Å². The maximum absolute atomic E-state index is 12.6. The van der Waals surface area contributed by atoms with Crippen LogP contribution in [0, 0.1) is 6.92 Å². The Morgan fingerprint density at radius 3 is 2.46 bits per heavy atom. The van der Waals surface area contributed by atoms with Gasteiger partial charge in [0.1, 0.15) is 5.69 Å². The van der Waals surface area contributed by atoms with Crippen molar-refractivity contribution in [3.05, 3.63) is 23.8 Å². The molecule has 0 aromatic carbocycles. The standard InChI is InChI=1S/C18H30N4O2/c1-4-6-7-8-11-22(12-9-17(23)19-10-5-2)18(24)16-14-20-15(3)13-21-16/h13-14H,4-12H2,1-3H3,(H,19,23). The lowest BCUT2D eigenvalue weighted by Gasteiger charge is -2.22. The lowest BCUT2D eigenvalue weighted by molar-refractivity contribution is -0.121. The van der Waals surface area contributed by atoms with Crippen molar-refractivity contribution in [1.29, 1.82) is 0 Å². The van der Waals surface area contributed by atoms with Crippen LogP contribution in [0.25, 0.3) is 0 Å². The zero-order chi connectivity index (χ0) is 17.8. The van der Waals surface area contributed by atoms with E-state index < -0.39 is 0 Å². The fourth-order valence-corrected chi connectivity index (χ4v) is 2.30. The average molecular weight is 334 g/mol. The lowest BCUT2D eigenvalue weighted by Crippen LogP contribution is -2.36. The summed E-state index contributed by atoms with van der Waals surface area (Å²) >= 11 is 0. The van der Waals surface area contributed by atoms with Gasteiger partial charge in [0.05, 0.1) is 11.9 Å². The third-order valence-corrected chi connectivity index (χ3v) is 3.75. The Bertz CT molecular complexity index is 502. The number of rotatable bonds is 11. The molecule has 6 nitrogen and oxygen atoms in total. The van der Waals surface area contributed by atoms with Crippen LogP contribution >= 0.6 is 0 Å². The Balaban J connectivity index is 2.63. The summed E-state index contributed by atoms with van der Waals surface area (Å²) in [5, 5.41) is 2.85. The first-order valence-electron chi connectivity index (χ1n) is 8.93. The number of carbonyl (C=O) groups excluding carboxylic acids is 2. The molecule has 1 aromatic heterocycles. The summed E-state index contributed by atoms with van der Waals surface area (Å²) in [6.07, 6.45) is 8.66. The Labute approximate surface area is 145 Å². The van der Waals surface area contributed by atoms with Crippen molar-refractivity contribution < 1.29 is 9.59 Å².